The molecule has 2 aliphatic carbocycles. The number of aliphatic hydroxyl groups excluding tert-OH is 1. The lowest BCUT2D eigenvalue weighted by Gasteiger charge is -2.56. The van der Waals surface area contributed by atoms with Crippen LogP contribution >= 0.6 is 0 Å². The molecule has 9 heavy (non-hydrogen) atoms. The summed E-state index contributed by atoms with van der Waals surface area (Å²) in [5, 5.41) is 8.77. The van der Waals surface area contributed by atoms with Gasteiger partial charge in [0, 0.05) is 12.6 Å². The van der Waals surface area contributed by atoms with Crippen LogP contribution in [-0.4, -0.2) is 17.8 Å². The zero-order valence-corrected chi connectivity index (χ0v) is 5.46. The number of hydrogen-bond donors (Lipinski definition) is 2. The molecule has 2 aliphatic rings. The topological polar surface area (TPSA) is 46.2 Å². The second kappa shape index (κ2) is 1.70. The Labute approximate surface area is 55.1 Å². The molecular weight excluding hydrogens is 114 g/mol. The Hall–Kier alpha value is -0.0800. The Balaban J connectivity index is 1.92. The summed E-state index contributed by atoms with van der Waals surface area (Å²) in [5.41, 5.74) is 5.72. The van der Waals surface area contributed by atoms with Crippen LogP contribution in [0.5, 0.6) is 0 Å². The molecule has 0 aromatic heterocycles. The summed E-state index contributed by atoms with van der Waals surface area (Å²) in [6.07, 6.45) is 2.44. The molecule has 0 bridgehead atoms. The molecule has 2 fully saturated rings. The lowest BCUT2D eigenvalue weighted by molar-refractivity contribution is -0.0712. The van der Waals surface area contributed by atoms with Gasteiger partial charge in [-0.15, -0.1) is 0 Å². The van der Waals surface area contributed by atoms with Gasteiger partial charge in [-0.2, -0.15) is 0 Å². The van der Waals surface area contributed by atoms with Gasteiger partial charge in [0.25, 0.3) is 0 Å². The van der Waals surface area contributed by atoms with Gasteiger partial charge >= 0.3 is 0 Å². The average Bonchev–Trinajstić information content (AvgIpc) is 1.80. The molecule has 2 heteroatoms. The second-order valence-corrected chi connectivity index (χ2v) is 3.42. The van der Waals surface area contributed by atoms with Gasteiger partial charge in [-0.25, -0.2) is 0 Å². The highest BCUT2D eigenvalue weighted by Crippen LogP contribution is 2.52. The first kappa shape index (κ1) is 5.69. The fourth-order valence-electron chi connectivity index (χ4n) is 2.35. The molecule has 2 saturated carbocycles. The maximum absolute atomic E-state index is 8.77. The minimum Gasteiger partial charge on any atom is -0.396 e. The molecular formula is C7H13NO. The summed E-state index contributed by atoms with van der Waals surface area (Å²) in [6.45, 7) is 0.356. The highest BCUT2D eigenvalue weighted by Gasteiger charge is 2.51. The smallest absolute Gasteiger partial charge is 0.0462 e. The maximum Gasteiger partial charge on any atom is 0.0462 e. The lowest BCUT2D eigenvalue weighted by atomic mass is 9.51. The van der Waals surface area contributed by atoms with Gasteiger partial charge in [0.2, 0.25) is 0 Å². The van der Waals surface area contributed by atoms with Crippen molar-refractivity contribution >= 4 is 0 Å². The summed E-state index contributed by atoms with van der Waals surface area (Å²) in [4.78, 5) is 0. The van der Waals surface area contributed by atoms with E-state index in [-0.39, 0.29) is 0 Å². The van der Waals surface area contributed by atoms with Crippen LogP contribution in [0.1, 0.15) is 12.8 Å². The van der Waals surface area contributed by atoms with Crippen molar-refractivity contribution in [3.63, 3.8) is 0 Å². The number of fused-ring (bicyclic) bond motifs is 1. The van der Waals surface area contributed by atoms with Crippen LogP contribution in [0.25, 0.3) is 0 Å². The van der Waals surface area contributed by atoms with Crippen LogP contribution in [0.4, 0.5) is 0 Å². The molecule has 2 rings (SSSR count). The number of rotatable bonds is 1. The van der Waals surface area contributed by atoms with E-state index in [0.29, 0.717) is 24.5 Å². The molecule has 0 spiro atoms. The first-order valence-corrected chi connectivity index (χ1v) is 3.69. The second-order valence-electron chi connectivity index (χ2n) is 3.42. The molecule has 4 unspecified atom stereocenters. The molecule has 0 aromatic carbocycles. The van der Waals surface area contributed by atoms with Crippen molar-refractivity contribution in [2.24, 2.45) is 23.5 Å². The van der Waals surface area contributed by atoms with Crippen LogP contribution in [0.15, 0.2) is 0 Å². The van der Waals surface area contributed by atoms with Gasteiger partial charge in [0.1, 0.15) is 0 Å². The van der Waals surface area contributed by atoms with E-state index >= 15 is 0 Å². The monoisotopic (exact) mass is 127 g/mol. The molecule has 2 nitrogen and oxygen atoms in total. The third-order valence-electron chi connectivity index (χ3n) is 3.00. The Morgan fingerprint density at radius 3 is 2.56 bits per heavy atom. The molecule has 0 aromatic rings. The van der Waals surface area contributed by atoms with Crippen molar-refractivity contribution in [2.45, 2.75) is 18.9 Å². The fourth-order valence-corrected chi connectivity index (χ4v) is 2.35. The van der Waals surface area contributed by atoms with E-state index in [4.69, 9.17) is 10.8 Å². The Bertz CT molecular complexity index is 122. The molecule has 52 valence electrons. The van der Waals surface area contributed by atoms with E-state index in [1.54, 1.807) is 0 Å². The maximum atomic E-state index is 8.77. The largest absolute Gasteiger partial charge is 0.396 e. The molecule has 3 N–H and O–H groups in total. The van der Waals surface area contributed by atoms with E-state index in [0.717, 1.165) is 5.92 Å². The molecule has 0 heterocycles. The van der Waals surface area contributed by atoms with E-state index < -0.39 is 0 Å². The zero-order valence-electron chi connectivity index (χ0n) is 5.46. The normalized spacial score (nSPS) is 55.3. The van der Waals surface area contributed by atoms with E-state index in [2.05, 4.69) is 0 Å². The molecule has 0 aliphatic heterocycles. The van der Waals surface area contributed by atoms with Gasteiger partial charge in [-0.1, -0.05) is 0 Å². The summed E-state index contributed by atoms with van der Waals surface area (Å²) >= 11 is 0. The fraction of sp³-hybridized carbons (Fsp3) is 1.00. The third-order valence-corrected chi connectivity index (χ3v) is 3.00. The van der Waals surface area contributed by atoms with Crippen molar-refractivity contribution in [2.75, 3.05) is 6.61 Å². The SMILES string of the molecule is NC1CC2CC(CO)C12. The highest BCUT2D eigenvalue weighted by molar-refractivity contribution is 5.04. The summed E-state index contributed by atoms with van der Waals surface area (Å²) < 4.78 is 0. The van der Waals surface area contributed by atoms with Crippen LogP contribution in [-0.2, 0) is 0 Å². The highest BCUT2D eigenvalue weighted by atomic mass is 16.3. The van der Waals surface area contributed by atoms with Gasteiger partial charge in [0.15, 0.2) is 0 Å². The Morgan fingerprint density at radius 2 is 2.22 bits per heavy atom. The summed E-state index contributed by atoms with van der Waals surface area (Å²) in [7, 11) is 0. The van der Waals surface area contributed by atoms with Crippen molar-refractivity contribution in [3.05, 3.63) is 0 Å². The molecule has 0 radical (unpaired) electrons. The molecule has 0 saturated heterocycles. The van der Waals surface area contributed by atoms with Crippen LogP contribution in [0.3, 0.4) is 0 Å². The minimum atomic E-state index is 0.356. The van der Waals surface area contributed by atoms with Gasteiger partial charge < -0.3 is 10.8 Å². The zero-order chi connectivity index (χ0) is 6.43. The predicted octanol–water partition coefficient (Wildman–Crippen LogP) is -0.0380. The minimum absolute atomic E-state index is 0.356. The lowest BCUT2D eigenvalue weighted by Crippen LogP contribution is -2.59. The standard InChI is InChI=1S/C7H13NO/c8-6-2-4-1-5(3-9)7(4)6/h4-7,9H,1-3,8H2. The van der Waals surface area contributed by atoms with Crippen LogP contribution in [0, 0.1) is 17.8 Å². The molecule has 0 amide bonds. The van der Waals surface area contributed by atoms with Gasteiger partial charge in [-0.05, 0) is 30.6 Å². The van der Waals surface area contributed by atoms with Gasteiger partial charge in [-0.3, -0.25) is 0 Å². The number of aliphatic hydroxyl groups is 1. The average molecular weight is 127 g/mol. The summed E-state index contributed by atoms with van der Waals surface area (Å²) in [5.74, 6) is 2.13. The number of nitrogens with two attached hydrogens (primary N) is 1. The Morgan fingerprint density at radius 1 is 1.44 bits per heavy atom. The first-order chi connectivity index (χ1) is 4.33. The third kappa shape index (κ3) is 0.578. The predicted molar refractivity (Wildman–Crippen MR) is 34.8 cm³/mol. The van der Waals surface area contributed by atoms with E-state index in [1.165, 1.54) is 12.8 Å². The number of hydrogen-bond acceptors (Lipinski definition) is 2. The molecule has 4 atom stereocenters. The Kier molecular flexibility index (Phi) is 1.08. The van der Waals surface area contributed by atoms with Crippen LogP contribution < -0.4 is 5.73 Å². The van der Waals surface area contributed by atoms with Crippen LogP contribution in [0.2, 0.25) is 0 Å². The van der Waals surface area contributed by atoms with Crippen molar-refractivity contribution in [3.8, 4) is 0 Å². The van der Waals surface area contributed by atoms with E-state index in [1.807, 2.05) is 0 Å². The van der Waals surface area contributed by atoms with Crippen molar-refractivity contribution < 1.29 is 5.11 Å². The van der Waals surface area contributed by atoms with Gasteiger partial charge in [0.05, 0.1) is 0 Å². The van der Waals surface area contributed by atoms with Crippen molar-refractivity contribution in [1.82, 2.24) is 0 Å². The first-order valence-electron chi connectivity index (χ1n) is 3.69. The van der Waals surface area contributed by atoms with E-state index in [9.17, 15) is 0 Å². The quantitative estimate of drug-likeness (QED) is 0.519. The summed E-state index contributed by atoms with van der Waals surface area (Å²) in [6, 6.07) is 0.417. The van der Waals surface area contributed by atoms with Crippen molar-refractivity contribution in [1.29, 1.82) is 0 Å².